The first-order chi connectivity index (χ1) is 6.83. The van der Waals surface area contributed by atoms with Crippen LogP contribution in [0, 0.1) is 11.8 Å². The highest BCUT2D eigenvalue weighted by Gasteiger charge is 2.51. The molecule has 3 fully saturated rings. The van der Waals surface area contributed by atoms with E-state index in [1.54, 1.807) is 0 Å². The second kappa shape index (κ2) is 4.28. The van der Waals surface area contributed by atoms with E-state index in [0.29, 0.717) is 31.8 Å². The van der Waals surface area contributed by atoms with E-state index in [9.17, 15) is 4.79 Å². The molecule has 0 amide bonds. The second-order valence-electron chi connectivity index (χ2n) is 3.90. The van der Waals surface area contributed by atoms with Gasteiger partial charge in [0.25, 0.3) is 0 Å². The molecule has 1 saturated carbocycles. The molecule has 0 aromatic heterocycles. The van der Waals surface area contributed by atoms with Gasteiger partial charge in [-0.25, -0.2) is 0 Å². The Morgan fingerprint density at radius 2 is 2.36 bits per heavy atom. The number of nitrogens with one attached hydrogen (secondary N) is 1. The fraction of sp³-hybridized carbons (Fsp3) is 0.900. The molecule has 3 atom stereocenters. The first kappa shape index (κ1) is 9.93. The van der Waals surface area contributed by atoms with Crippen molar-refractivity contribution >= 4 is 5.97 Å². The van der Waals surface area contributed by atoms with E-state index in [1.165, 1.54) is 0 Å². The minimum Gasteiger partial charge on any atom is -0.463 e. The summed E-state index contributed by atoms with van der Waals surface area (Å²) in [6, 6.07) is 0.389. The van der Waals surface area contributed by atoms with Crippen LogP contribution in [0.1, 0.15) is 13.3 Å². The summed E-state index contributed by atoms with van der Waals surface area (Å²) in [5, 5.41) is 3.29. The van der Waals surface area contributed by atoms with Gasteiger partial charge < -0.3 is 14.8 Å². The minimum atomic E-state index is -0.0454. The molecule has 2 aliphatic heterocycles. The summed E-state index contributed by atoms with van der Waals surface area (Å²) < 4.78 is 10.2. The summed E-state index contributed by atoms with van der Waals surface area (Å²) in [6.45, 7) is 4.49. The SMILES string of the molecule is CCOCCOC(=O)C1C2CNC1C2. The molecule has 2 bridgehead atoms. The number of hydrogen-bond donors (Lipinski definition) is 1. The lowest BCUT2D eigenvalue weighted by molar-refractivity contribution is -0.155. The highest BCUT2D eigenvalue weighted by molar-refractivity contribution is 5.75. The van der Waals surface area contributed by atoms with Gasteiger partial charge in [-0.15, -0.1) is 0 Å². The highest BCUT2D eigenvalue weighted by atomic mass is 16.6. The molecule has 4 nitrogen and oxygen atoms in total. The highest BCUT2D eigenvalue weighted by Crippen LogP contribution is 2.40. The molecular weight excluding hydrogens is 182 g/mol. The van der Waals surface area contributed by atoms with Crippen LogP contribution in [0.25, 0.3) is 0 Å². The summed E-state index contributed by atoms with van der Waals surface area (Å²) in [6.07, 6.45) is 1.14. The summed E-state index contributed by atoms with van der Waals surface area (Å²) in [7, 11) is 0. The number of fused-ring (bicyclic) bond motifs is 1. The number of rotatable bonds is 5. The molecule has 0 aromatic carbocycles. The van der Waals surface area contributed by atoms with Gasteiger partial charge in [0, 0.05) is 12.6 Å². The van der Waals surface area contributed by atoms with Gasteiger partial charge in [-0.2, -0.15) is 0 Å². The Morgan fingerprint density at radius 3 is 2.93 bits per heavy atom. The van der Waals surface area contributed by atoms with Gasteiger partial charge in [0.05, 0.1) is 12.5 Å². The van der Waals surface area contributed by atoms with Crippen molar-refractivity contribution in [3.05, 3.63) is 0 Å². The predicted octanol–water partition coefficient (Wildman–Crippen LogP) is 0.174. The van der Waals surface area contributed by atoms with Gasteiger partial charge in [-0.3, -0.25) is 4.79 Å². The van der Waals surface area contributed by atoms with Crippen LogP contribution < -0.4 is 5.32 Å². The lowest BCUT2D eigenvalue weighted by atomic mass is 9.74. The first-order valence-corrected chi connectivity index (χ1v) is 5.30. The van der Waals surface area contributed by atoms with Gasteiger partial charge in [0.1, 0.15) is 6.61 Å². The second-order valence-corrected chi connectivity index (χ2v) is 3.90. The van der Waals surface area contributed by atoms with E-state index in [-0.39, 0.29) is 11.9 Å². The molecule has 80 valence electrons. The summed E-state index contributed by atoms with van der Waals surface area (Å²) in [5.74, 6) is 0.604. The van der Waals surface area contributed by atoms with E-state index in [0.717, 1.165) is 13.0 Å². The molecule has 2 saturated heterocycles. The predicted molar refractivity (Wildman–Crippen MR) is 50.8 cm³/mol. The Labute approximate surface area is 84.0 Å². The lowest BCUT2D eigenvalue weighted by Crippen LogP contribution is -2.43. The average Bonchev–Trinajstić information content (AvgIpc) is 2.73. The zero-order valence-corrected chi connectivity index (χ0v) is 8.49. The molecule has 3 aliphatic rings. The maximum Gasteiger partial charge on any atom is 0.310 e. The minimum absolute atomic E-state index is 0.0454. The van der Waals surface area contributed by atoms with Crippen LogP contribution in [0.5, 0.6) is 0 Å². The number of carbonyl (C=O) groups is 1. The van der Waals surface area contributed by atoms with Crippen LogP contribution in [0.15, 0.2) is 0 Å². The molecule has 3 rings (SSSR count). The number of carbonyl (C=O) groups excluding carboxylic acids is 1. The lowest BCUT2D eigenvalue weighted by Gasteiger charge is -2.32. The molecule has 14 heavy (non-hydrogen) atoms. The molecule has 3 unspecified atom stereocenters. The molecule has 2 heterocycles. The van der Waals surface area contributed by atoms with E-state index >= 15 is 0 Å². The van der Waals surface area contributed by atoms with Gasteiger partial charge in [-0.05, 0) is 25.8 Å². The molecule has 1 N–H and O–H groups in total. The first-order valence-electron chi connectivity index (χ1n) is 5.30. The van der Waals surface area contributed by atoms with E-state index in [4.69, 9.17) is 9.47 Å². The molecule has 0 aromatic rings. The Kier molecular flexibility index (Phi) is 3.03. The maximum absolute atomic E-state index is 11.5. The summed E-state index contributed by atoms with van der Waals surface area (Å²) in [4.78, 5) is 11.5. The third-order valence-corrected chi connectivity index (χ3v) is 3.09. The molecule has 4 heteroatoms. The maximum atomic E-state index is 11.5. The van der Waals surface area contributed by atoms with Crippen LogP contribution in [0.2, 0.25) is 0 Å². The van der Waals surface area contributed by atoms with Crippen molar-refractivity contribution in [3.63, 3.8) is 0 Å². The zero-order chi connectivity index (χ0) is 9.97. The van der Waals surface area contributed by atoms with Crippen molar-refractivity contribution in [3.8, 4) is 0 Å². The monoisotopic (exact) mass is 199 g/mol. The average molecular weight is 199 g/mol. The van der Waals surface area contributed by atoms with Crippen LogP contribution in [0.4, 0.5) is 0 Å². The molecule has 1 aliphatic carbocycles. The quantitative estimate of drug-likeness (QED) is 0.506. The van der Waals surface area contributed by atoms with Gasteiger partial charge in [0.15, 0.2) is 0 Å². The van der Waals surface area contributed by atoms with Crippen molar-refractivity contribution in [1.82, 2.24) is 5.32 Å². The molecular formula is C10H17NO3. The Bertz CT molecular complexity index is 205. The third kappa shape index (κ3) is 1.77. The standard InChI is InChI=1S/C10H17NO3/c1-2-13-3-4-14-10(12)9-7-5-8(9)11-6-7/h7-9,11H,2-6H2,1H3. The van der Waals surface area contributed by atoms with Crippen molar-refractivity contribution in [2.75, 3.05) is 26.4 Å². The Balaban J connectivity index is 1.64. The van der Waals surface area contributed by atoms with Crippen LogP contribution in [-0.2, 0) is 14.3 Å². The topological polar surface area (TPSA) is 47.6 Å². The fourth-order valence-corrected chi connectivity index (χ4v) is 2.27. The number of hydrogen-bond acceptors (Lipinski definition) is 4. The molecule has 0 spiro atoms. The number of esters is 1. The zero-order valence-electron chi connectivity index (χ0n) is 8.49. The smallest absolute Gasteiger partial charge is 0.310 e. The Morgan fingerprint density at radius 1 is 1.50 bits per heavy atom. The van der Waals surface area contributed by atoms with Crippen molar-refractivity contribution in [1.29, 1.82) is 0 Å². The fourth-order valence-electron chi connectivity index (χ4n) is 2.27. The van der Waals surface area contributed by atoms with Gasteiger partial charge in [0.2, 0.25) is 0 Å². The van der Waals surface area contributed by atoms with E-state index in [2.05, 4.69) is 5.32 Å². The van der Waals surface area contributed by atoms with Crippen LogP contribution >= 0.6 is 0 Å². The summed E-state index contributed by atoms with van der Waals surface area (Å²) >= 11 is 0. The number of ether oxygens (including phenoxy) is 2. The van der Waals surface area contributed by atoms with Crippen molar-refractivity contribution in [2.24, 2.45) is 11.8 Å². The van der Waals surface area contributed by atoms with E-state index < -0.39 is 0 Å². The van der Waals surface area contributed by atoms with Crippen LogP contribution in [0.3, 0.4) is 0 Å². The van der Waals surface area contributed by atoms with Crippen molar-refractivity contribution in [2.45, 2.75) is 19.4 Å². The van der Waals surface area contributed by atoms with Crippen molar-refractivity contribution < 1.29 is 14.3 Å². The van der Waals surface area contributed by atoms with Gasteiger partial charge >= 0.3 is 5.97 Å². The van der Waals surface area contributed by atoms with Crippen LogP contribution in [-0.4, -0.2) is 38.4 Å². The molecule has 0 radical (unpaired) electrons. The van der Waals surface area contributed by atoms with Gasteiger partial charge in [-0.1, -0.05) is 0 Å². The normalized spacial score (nSPS) is 33.9. The Hall–Kier alpha value is -0.610. The third-order valence-electron chi connectivity index (χ3n) is 3.09. The van der Waals surface area contributed by atoms with E-state index in [1.807, 2.05) is 6.92 Å². The summed E-state index contributed by atoms with van der Waals surface area (Å²) in [5.41, 5.74) is 0. The largest absolute Gasteiger partial charge is 0.463 e.